The minimum Gasteiger partial charge on any atom is -0.454 e. The normalized spacial score (nSPS) is 17.3. The van der Waals surface area contributed by atoms with Crippen LogP contribution in [0.4, 0.5) is 0 Å². The number of rotatable bonds is 2. The van der Waals surface area contributed by atoms with Gasteiger partial charge in [0.15, 0.2) is 15.8 Å². The van der Waals surface area contributed by atoms with Crippen LogP contribution in [0, 0.1) is 6.92 Å². The molecule has 0 unspecified atom stereocenters. The monoisotopic (exact) mass is 383 g/mol. The van der Waals surface area contributed by atoms with Crippen LogP contribution in [0.1, 0.15) is 21.5 Å². The Morgan fingerprint density at radius 1 is 1.19 bits per heavy atom. The second-order valence-corrected chi connectivity index (χ2v) is 7.48. The summed E-state index contributed by atoms with van der Waals surface area (Å²) in [5.41, 5.74) is 2.15. The summed E-state index contributed by atoms with van der Waals surface area (Å²) in [5.74, 6) is 0.476. The molecule has 0 saturated carbocycles. The van der Waals surface area contributed by atoms with Crippen LogP contribution in [0.3, 0.4) is 0 Å². The van der Waals surface area contributed by atoms with Crippen LogP contribution in [0.2, 0.25) is 0 Å². The summed E-state index contributed by atoms with van der Waals surface area (Å²) in [6.45, 7) is 2.08. The van der Waals surface area contributed by atoms with Crippen molar-refractivity contribution < 1.29 is 19.1 Å². The zero-order chi connectivity index (χ0) is 18.3. The molecule has 2 amide bonds. The molecule has 26 heavy (non-hydrogen) atoms. The molecule has 2 heterocycles. The average molecular weight is 383 g/mol. The van der Waals surface area contributed by atoms with E-state index in [-0.39, 0.29) is 11.1 Å². The fraction of sp³-hybridized carbons (Fsp3) is 0.105. The number of aryl methyl sites for hydroxylation is 1. The van der Waals surface area contributed by atoms with Gasteiger partial charge in [-0.15, -0.1) is 0 Å². The van der Waals surface area contributed by atoms with Crippen LogP contribution in [0.5, 0.6) is 11.5 Å². The van der Waals surface area contributed by atoms with E-state index in [0.29, 0.717) is 22.0 Å². The molecule has 1 fully saturated rings. The van der Waals surface area contributed by atoms with E-state index in [1.54, 1.807) is 36.4 Å². The Morgan fingerprint density at radius 3 is 2.81 bits per heavy atom. The third kappa shape index (κ3) is 3.00. The molecule has 7 heteroatoms. The van der Waals surface area contributed by atoms with Crippen molar-refractivity contribution in [3.8, 4) is 11.5 Å². The van der Waals surface area contributed by atoms with E-state index in [2.05, 4.69) is 0 Å². The van der Waals surface area contributed by atoms with Gasteiger partial charge in [0.05, 0.1) is 4.91 Å². The molecule has 0 N–H and O–H groups in total. The SMILES string of the molecule is Cc1cccc(C(=O)N2C(=O)C(=Cc3ccc4c(c3)OCO4)SC2=S)c1. The maximum absolute atomic E-state index is 12.7. The highest BCUT2D eigenvalue weighted by molar-refractivity contribution is 8.26. The van der Waals surface area contributed by atoms with Gasteiger partial charge in [-0.2, -0.15) is 0 Å². The number of hydrogen-bond acceptors (Lipinski definition) is 6. The molecule has 0 aromatic heterocycles. The van der Waals surface area contributed by atoms with Crippen molar-refractivity contribution in [3.05, 3.63) is 64.1 Å². The molecule has 5 nitrogen and oxygen atoms in total. The molecule has 0 radical (unpaired) electrons. The van der Waals surface area contributed by atoms with Crippen molar-refractivity contribution in [3.63, 3.8) is 0 Å². The highest BCUT2D eigenvalue weighted by Crippen LogP contribution is 2.36. The number of ether oxygens (including phenoxy) is 2. The predicted molar refractivity (Wildman–Crippen MR) is 103 cm³/mol. The van der Waals surface area contributed by atoms with Crippen LogP contribution < -0.4 is 9.47 Å². The number of carbonyl (C=O) groups excluding carboxylic acids is 2. The Hall–Kier alpha value is -2.64. The minimum absolute atomic E-state index is 0.186. The van der Waals surface area contributed by atoms with Gasteiger partial charge in [-0.05, 0) is 42.8 Å². The Balaban J connectivity index is 1.62. The molecular formula is C19H13NO4S2. The summed E-state index contributed by atoms with van der Waals surface area (Å²) in [6.07, 6.45) is 1.70. The molecule has 1 saturated heterocycles. The lowest BCUT2D eigenvalue weighted by Gasteiger charge is -2.12. The van der Waals surface area contributed by atoms with Gasteiger partial charge in [-0.3, -0.25) is 9.59 Å². The summed E-state index contributed by atoms with van der Waals surface area (Å²) >= 11 is 6.37. The Labute approximate surface area is 159 Å². The molecule has 0 bridgehead atoms. The van der Waals surface area contributed by atoms with Crippen molar-refractivity contribution >= 4 is 46.2 Å². The minimum atomic E-state index is -0.413. The van der Waals surface area contributed by atoms with E-state index in [1.807, 2.05) is 19.1 Å². The van der Waals surface area contributed by atoms with Gasteiger partial charge in [0.25, 0.3) is 11.8 Å². The van der Waals surface area contributed by atoms with E-state index < -0.39 is 11.8 Å². The van der Waals surface area contributed by atoms with Crippen molar-refractivity contribution in [2.45, 2.75) is 6.92 Å². The second-order valence-electron chi connectivity index (χ2n) is 5.80. The molecule has 130 valence electrons. The average Bonchev–Trinajstić information content (AvgIpc) is 3.18. The lowest BCUT2D eigenvalue weighted by molar-refractivity contribution is -0.120. The van der Waals surface area contributed by atoms with Crippen LogP contribution >= 0.6 is 24.0 Å². The molecule has 2 aromatic carbocycles. The lowest BCUT2D eigenvalue weighted by atomic mass is 10.1. The number of benzene rings is 2. The fourth-order valence-electron chi connectivity index (χ4n) is 2.70. The van der Waals surface area contributed by atoms with Crippen LogP contribution in [-0.4, -0.2) is 27.8 Å². The molecule has 2 aliphatic rings. The first-order chi connectivity index (χ1) is 12.5. The highest BCUT2D eigenvalue weighted by Gasteiger charge is 2.37. The number of thiocarbonyl (C=S) groups is 1. The molecule has 4 rings (SSSR count). The Morgan fingerprint density at radius 2 is 2.00 bits per heavy atom. The van der Waals surface area contributed by atoms with E-state index >= 15 is 0 Å². The standard InChI is InChI=1S/C19H13NO4S2/c1-11-3-2-4-13(7-11)17(21)20-18(22)16(26-19(20)25)9-12-5-6-14-15(8-12)24-10-23-14/h2-9H,10H2,1H3. The predicted octanol–water partition coefficient (Wildman–Crippen LogP) is 3.77. The number of fused-ring (bicyclic) bond motifs is 1. The van der Waals surface area contributed by atoms with E-state index in [0.717, 1.165) is 27.8 Å². The molecule has 2 aromatic rings. The van der Waals surface area contributed by atoms with E-state index in [9.17, 15) is 9.59 Å². The first-order valence-electron chi connectivity index (χ1n) is 7.81. The number of amides is 2. The Kier molecular flexibility index (Phi) is 4.26. The van der Waals surface area contributed by atoms with Gasteiger partial charge in [0, 0.05) is 5.56 Å². The van der Waals surface area contributed by atoms with Crippen LogP contribution in [-0.2, 0) is 4.79 Å². The summed E-state index contributed by atoms with van der Waals surface area (Å²) < 4.78 is 10.9. The van der Waals surface area contributed by atoms with Crippen LogP contribution in [0.25, 0.3) is 6.08 Å². The summed E-state index contributed by atoms with van der Waals surface area (Å²) in [6, 6.07) is 12.5. The first kappa shape index (κ1) is 16.8. The van der Waals surface area contributed by atoms with Gasteiger partial charge in [0.2, 0.25) is 6.79 Å². The summed E-state index contributed by atoms with van der Waals surface area (Å²) in [7, 11) is 0. The number of imide groups is 1. The number of hydrogen-bond donors (Lipinski definition) is 0. The zero-order valence-corrected chi connectivity index (χ0v) is 15.4. The molecule has 0 aliphatic carbocycles. The molecular weight excluding hydrogens is 370 g/mol. The second kappa shape index (κ2) is 6.59. The van der Waals surface area contributed by atoms with E-state index in [1.165, 1.54) is 0 Å². The third-order valence-electron chi connectivity index (χ3n) is 3.96. The fourth-order valence-corrected chi connectivity index (χ4v) is 3.96. The molecule has 0 atom stereocenters. The van der Waals surface area contributed by atoms with Gasteiger partial charge >= 0.3 is 0 Å². The Bertz CT molecular complexity index is 983. The number of thioether (sulfide) groups is 1. The van der Waals surface area contributed by atoms with Gasteiger partial charge < -0.3 is 9.47 Å². The summed E-state index contributed by atoms with van der Waals surface area (Å²) in [5, 5.41) is 0. The summed E-state index contributed by atoms with van der Waals surface area (Å²) in [4.78, 5) is 26.9. The quantitative estimate of drug-likeness (QED) is 0.447. The maximum Gasteiger partial charge on any atom is 0.273 e. The van der Waals surface area contributed by atoms with Crippen molar-refractivity contribution in [2.24, 2.45) is 0 Å². The van der Waals surface area contributed by atoms with E-state index in [4.69, 9.17) is 21.7 Å². The zero-order valence-electron chi connectivity index (χ0n) is 13.7. The lowest BCUT2D eigenvalue weighted by Crippen LogP contribution is -2.34. The van der Waals surface area contributed by atoms with Crippen molar-refractivity contribution in [1.82, 2.24) is 4.90 Å². The van der Waals surface area contributed by atoms with Crippen molar-refractivity contribution in [1.29, 1.82) is 0 Å². The smallest absolute Gasteiger partial charge is 0.273 e. The van der Waals surface area contributed by atoms with Gasteiger partial charge in [-0.1, -0.05) is 47.7 Å². The topological polar surface area (TPSA) is 55.8 Å². The van der Waals surface area contributed by atoms with Gasteiger partial charge in [-0.25, -0.2) is 4.90 Å². The highest BCUT2D eigenvalue weighted by atomic mass is 32.2. The first-order valence-corrected chi connectivity index (χ1v) is 9.04. The van der Waals surface area contributed by atoms with Gasteiger partial charge in [0.1, 0.15) is 0 Å². The number of nitrogens with zero attached hydrogens (tertiary/aromatic N) is 1. The third-order valence-corrected chi connectivity index (χ3v) is 5.26. The number of carbonyl (C=O) groups is 2. The maximum atomic E-state index is 12.7. The van der Waals surface area contributed by atoms with Crippen molar-refractivity contribution in [2.75, 3.05) is 6.79 Å². The van der Waals surface area contributed by atoms with Crippen LogP contribution in [0.15, 0.2) is 47.4 Å². The molecule has 0 spiro atoms. The molecule has 2 aliphatic heterocycles. The largest absolute Gasteiger partial charge is 0.454 e.